The molecule has 198 valence electrons. The summed E-state index contributed by atoms with van der Waals surface area (Å²) in [5, 5.41) is 16.9. The highest BCUT2D eigenvalue weighted by Gasteiger charge is 2.42. The average molecular weight is 544 g/mol. The molecule has 1 fully saturated rings. The summed E-state index contributed by atoms with van der Waals surface area (Å²) in [4.78, 5) is 43.7. The predicted octanol–water partition coefficient (Wildman–Crippen LogP) is 4.20. The first kappa shape index (κ1) is 25.0. The lowest BCUT2D eigenvalue weighted by Gasteiger charge is -2.27. The van der Waals surface area contributed by atoms with E-state index in [1.165, 1.54) is 11.3 Å². The van der Waals surface area contributed by atoms with Crippen molar-refractivity contribution in [2.45, 2.75) is 18.9 Å². The zero-order valence-corrected chi connectivity index (χ0v) is 21.7. The number of ketones is 1. The van der Waals surface area contributed by atoms with E-state index in [0.29, 0.717) is 72.2 Å². The third-order valence-corrected chi connectivity index (χ3v) is 7.63. The molecule has 2 aliphatic heterocycles. The molecule has 6 rings (SSSR count). The maximum atomic E-state index is 13.6. The molecule has 0 bridgehead atoms. The number of Topliss-reactive ketones (excluding diaryl/α,β-unsaturated/α-hetero) is 1. The number of nitrogens with zero attached hydrogens (tertiary/aromatic N) is 4. The van der Waals surface area contributed by atoms with Gasteiger partial charge in [-0.15, -0.1) is 11.3 Å². The van der Waals surface area contributed by atoms with Gasteiger partial charge in [0.15, 0.2) is 5.78 Å². The molecule has 12 heteroatoms. The number of morpholine rings is 1. The maximum Gasteiger partial charge on any atom is 0.333 e. The molecule has 1 aliphatic carbocycles. The summed E-state index contributed by atoms with van der Waals surface area (Å²) in [5.41, 5.74) is 6.17. The standard InChI is InChI=1S/C27H25N7O4S/c35-20(9-7-16-4-1-2-11-28-16)30-21-10-8-19(39-21)25-23-24(31-32-25)17-5-3-6-18(22(17)26(23)36)29-27(37)33-34-12-14-38-15-13-34/h1-6,8,10-11,24H,7,9,12-15H2,(H,30,35)(H2,29,33,37). The monoisotopic (exact) mass is 543 g/mol. The third-order valence-electron chi connectivity index (χ3n) is 6.62. The van der Waals surface area contributed by atoms with Crippen LogP contribution in [0.25, 0.3) is 5.70 Å². The van der Waals surface area contributed by atoms with Gasteiger partial charge in [0.05, 0.1) is 39.9 Å². The smallest absolute Gasteiger partial charge is 0.333 e. The van der Waals surface area contributed by atoms with Crippen molar-refractivity contribution in [3.05, 3.63) is 82.0 Å². The number of hydrogen-bond donors (Lipinski definition) is 3. The Morgan fingerprint density at radius 2 is 1.92 bits per heavy atom. The Morgan fingerprint density at radius 1 is 1.05 bits per heavy atom. The number of hydrogen-bond acceptors (Lipinski definition) is 9. The Bertz CT molecular complexity index is 1490. The zero-order valence-electron chi connectivity index (χ0n) is 20.8. The van der Waals surface area contributed by atoms with Crippen molar-refractivity contribution in [2.75, 3.05) is 36.9 Å². The molecule has 1 unspecified atom stereocenters. The predicted molar refractivity (Wildman–Crippen MR) is 145 cm³/mol. The van der Waals surface area contributed by atoms with Crippen LogP contribution in [-0.4, -0.2) is 54.0 Å². The number of aromatic nitrogens is 1. The van der Waals surface area contributed by atoms with Crippen molar-refractivity contribution >= 4 is 45.4 Å². The quantitative estimate of drug-likeness (QED) is 0.409. The van der Waals surface area contributed by atoms with Gasteiger partial charge in [0.1, 0.15) is 11.7 Å². The lowest BCUT2D eigenvalue weighted by molar-refractivity contribution is -0.116. The number of carbonyl (C=O) groups is 3. The van der Waals surface area contributed by atoms with Gasteiger partial charge in [-0.2, -0.15) is 10.2 Å². The van der Waals surface area contributed by atoms with Gasteiger partial charge in [0.25, 0.3) is 0 Å². The molecule has 3 aliphatic rings. The van der Waals surface area contributed by atoms with E-state index in [-0.39, 0.29) is 11.7 Å². The topological polar surface area (TPSA) is 137 Å². The molecule has 1 atom stereocenters. The number of ether oxygens (including phenoxy) is 1. The molecular formula is C27H25N7O4S. The summed E-state index contributed by atoms with van der Waals surface area (Å²) < 4.78 is 5.31. The van der Waals surface area contributed by atoms with Crippen LogP contribution in [0.4, 0.5) is 15.5 Å². The second-order valence-electron chi connectivity index (χ2n) is 9.18. The minimum Gasteiger partial charge on any atom is -0.379 e. The summed E-state index contributed by atoms with van der Waals surface area (Å²) in [6, 6.07) is 13.6. The first-order valence-electron chi connectivity index (χ1n) is 12.6. The summed E-state index contributed by atoms with van der Waals surface area (Å²) in [7, 11) is 0. The van der Waals surface area contributed by atoms with Gasteiger partial charge < -0.3 is 15.4 Å². The van der Waals surface area contributed by atoms with E-state index in [0.717, 1.165) is 10.6 Å². The van der Waals surface area contributed by atoms with Crippen LogP contribution in [-0.2, 0) is 16.0 Å². The van der Waals surface area contributed by atoms with E-state index < -0.39 is 12.1 Å². The second-order valence-corrected chi connectivity index (χ2v) is 10.3. The Balaban J connectivity index is 1.16. The number of aryl methyl sites for hydroxylation is 1. The van der Waals surface area contributed by atoms with Gasteiger partial charge in [-0.05, 0) is 42.3 Å². The number of thiophene rings is 1. The molecule has 39 heavy (non-hydrogen) atoms. The normalized spacial score (nSPS) is 18.2. The number of carbonyl (C=O) groups excluding carboxylic acids is 3. The van der Waals surface area contributed by atoms with Crippen LogP contribution in [0.3, 0.4) is 0 Å². The van der Waals surface area contributed by atoms with E-state index in [4.69, 9.17) is 4.74 Å². The molecule has 2 aromatic heterocycles. The molecule has 0 spiro atoms. The highest BCUT2D eigenvalue weighted by Crippen LogP contribution is 2.50. The lowest BCUT2D eigenvalue weighted by atomic mass is 10.1. The Kier molecular flexibility index (Phi) is 6.97. The maximum absolute atomic E-state index is 13.6. The molecule has 4 heterocycles. The van der Waals surface area contributed by atoms with Crippen molar-refractivity contribution in [3.8, 4) is 0 Å². The third kappa shape index (κ3) is 5.21. The van der Waals surface area contributed by atoms with Gasteiger partial charge in [0.2, 0.25) is 5.91 Å². The molecule has 0 radical (unpaired) electrons. The fourth-order valence-electron chi connectivity index (χ4n) is 4.77. The number of amides is 3. The second kappa shape index (κ2) is 10.8. The van der Waals surface area contributed by atoms with Crippen LogP contribution < -0.4 is 16.1 Å². The number of nitrogens with one attached hydrogen (secondary N) is 3. The summed E-state index contributed by atoms with van der Waals surface area (Å²) in [6.45, 7) is 2.27. The number of benzene rings is 1. The number of azo groups is 1. The lowest BCUT2D eigenvalue weighted by Crippen LogP contribution is -2.49. The van der Waals surface area contributed by atoms with Crippen LogP contribution in [0.5, 0.6) is 0 Å². The van der Waals surface area contributed by atoms with Gasteiger partial charge in [0, 0.05) is 31.4 Å². The van der Waals surface area contributed by atoms with Gasteiger partial charge in [-0.25, -0.2) is 9.80 Å². The Morgan fingerprint density at radius 3 is 2.74 bits per heavy atom. The summed E-state index contributed by atoms with van der Waals surface area (Å²) in [6.07, 6.45) is 2.56. The number of rotatable bonds is 7. The fourth-order valence-corrected chi connectivity index (χ4v) is 5.69. The Hall–Kier alpha value is -4.26. The molecule has 3 amide bonds. The number of anilines is 2. The first-order chi connectivity index (χ1) is 19.1. The molecule has 11 nitrogen and oxygen atoms in total. The number of hydrazine groups is 1. The Labute approximate surface area is 228 Å². The average Bonchev–Trinajstić information content (AvgIpc) is 3.66. The van der Waals surface area contributed by atoms with Crippen LogP contribution in [0.15, 0.2) is 70.5 Å². The van der Waals surface area contributed by atoms with Crippen LogP contribution in [0.1, 0.15) is 39.0 Å². The molecule has 3 N–H and O–H groups in total. The van der Waals surface area contributed by atoms with E-state index in [1.54, 1.807) is 29.4 Å². The molecular weight excluding hydrogens is 518 g/mol. The number of urea groups is 1. The van der Waals surface area contributed by atoms with Crippen molar-refractivity contribution in [1.82, 2.24) is 15.4 Å². The molecule has 1 saturated heterocycles. The van der Waals surface area contributed by atoms with Crippen LogP contribution in [0, 0.1) is 0 Å². The van der Waals surface area contributed by atoms with E-state index in [1.807, 2.05) is 30.3 Å². The van der Waals surface area contributed by atoms with E-state index >= 15 is 0 Å². The highest BCUT2D eigenvalue weighted by molar-refractivity contribution is 7.17. The van der Waals surface area contributed by atoms with Crippen molar-refractivity contribution in [3.63, 3.8) is 0 Å². The van der Waals surface area contributed by atoms with Crippen molar-refractivity contribution < 1.29 is 19.1 Å². The molecule has 3 aromatic rings. The van der Waals surface area contributed by atoms with Crippen molar-refractivity contribution in [1.29, 1.82) is 0 Å². The minimum atomic E-state index is -0.523. The van der Waals surface area contributed by atoms with Gasteiger partial charge in [-0.3, -0.25) is 20.0 Å². The molecule has 0 saturated carbocycles. The fraction of sp³-hybridized carbons (Fsp3) is 0.259. The van der Waals surface area contributed by atoms with Crippen LogP contribution in [0.2, 0.25) is 0 Å². The van der Waals surface area contributed by atoms with Crippen molar-refractivity contribution in [2.24, 2.45) is 10.2 Å². The van der Waals surface area contributed by atoms with Gasteiger partial charge in [-0.1, -0.05) is 18.2 Å². The highest BCUT2D eigenvalue weighted by atomic mass is 32.1. The largest absolute Gasteiger partial charge is 0.379 e. The summed E-state index contributed by atoms with van der Waals surface area (Å²) >= 11 is 1.34. The van der Waals surface area contributed by atoms with E-state index in [2.05, 4.69) is 31.3 Å². The molecule has 1 aromatic carbocycles. The van der Waals surface area contributed by atoms with Crippen LogP contribution >= 0.6 is 11.3 Å². The van der Waals surface area contributed by atoms with Gasteiger partial charge >= 0.3 is 6.03 Å². The van der Waals surface area contributed by atoms with E-state index in [9.17, 15) is 14.4 Å². The minimum absolute atomic E-state index is 0.118. The first-order valence-corrected chi connectivity index (χ1v) is 13.4. The number of fused-ring (bicyclic) bond motifs is 3. The summed E-state index contributed by atoms with van der Waals surface area (Å²) in [5.74, 6) is -0.334. The number of pyridine rings is 1. The SMILES string of the molecule is O=C(CCc1ccccn1)Nc1ccc(C2=C3C(=O)c4c(NC(=O)NN5CCOCC5)cccc4C3N=N2)s1. The zero-order chi connectivity index (χ0) is 26.8.